The van der Waals surface area contributed by atoms with Crippen LogP contribution in [0.25, 0.3) is 0 Å². The van der Waals surface area contributed by atoms with Crippen molar-refractivity contribution >= 4 is 22.8 Å². The van der Waals surface area contributed by atoms with E-state index >= 15 is 0 Å². The molecule has 2 heterocycles. The number of rotatable bonds is 2. The molecule has 0 bridgehead atoms. The summed E-state index contributed by atoms with van der Waals surface area (Å²) < 4.78 is 2.26. The Morgan fingerprint density at radius 1 is 1.04 bits per heavy atom. The standard InChI is InChI=1S/C23H26N3O2/c1-22(2)16-9-7-8-10-18(16)24(5)20(22)14-21-23(3,4)17-13-15(26(27)28)11-12-19(17)25(21)6/h7-14H,1-6H3/q+1. The summed E-state index contributed by atoms with van der Waals surface area (Å²) in [6.45, 7) is 8.78. The second kappa shape index (κ2) is 5.77. The SMILES string of the molecule is CN1C(=CC2=[N+](C)c3ccccc3C2(C)C)C(C)(C)c2cc([N+](=O)[O-])ccc21. The molecular weight excluding hydrogens is 350 g/mol. The van der Waals surface area contributed by atoms with Crippen LogP contribution in [0.4, 0.5) is 17.1 Å². The highest BCUT2D eigenvalue weighted by Gasteiger charge is 2.46. The molecule has 4 rings (SSSR count). The number of anilines is 1. The topological polar surface area (TPSA) is 49.4 Å². The van der Waals surface area contributed by atoms with Crippen molar-refractivity contribution in [1.29, 1.82) is 0 Å². The van der Waals surface area contributed by atoms with Crippen LogP contribution >= 0.6 is 0 Å². The van der Waals surface area contributed by atoms with E-state index < -0.39 is 0 Å². The number of allylic oxidation sites excluding steroid dienone is 2. The van der Waals surface area contributed by atoms with Gasteiger partial charge in [-0.2, -0.15) is 4.58 Å². The Labute approximate surface area is 165 Å². The number of fused-ring (bicyclic) bond motifs is 2. The second-order valence-electron chi connectivity index (χ2n) is 8.76. The maximum absolute atomic E-state index is 11.3. The van der Waals surface area contributed by atoms with E-state index in [1.165, 1.54) is 17.0 Å². The Kier molecular flexibility index (Phi) is 3.80. The molecule has 0 radical (unpaired) electrons. The van der Waals surface area contributed by atoms with Crippen molar-refractivity contribution in [2.45, 2.75) is 38.5 Å². The molecule has 2 aromatic rings. The molecule has 0 aromatic heterocycles. The molecule has 28 heavy (non-hydrogen) atoms. The summed E-state index contributed by atoms with van der Waals surface area (Å²) in [6, 6.07) is 13.7. The van der Waals surface area contributed by atoms with Gasteiger partial charge in [0.05, 0.1) is 10.3 Å². The Hall–Kier alpha value is -2.95. The predicted molar refractivity (Wildman–Crippen MR) is 113 cm³/mol. The van der Waals surface area contributed by atoms with Crippen LogP contribution in [0.1, 0.15) is 38.8 Å². The zero-order valence-corrected chi connectivity index (χ0v) is 17.3. The minimum absolute atomic E-state index is 0.115. The van der Waals surface area contributed by atoms with Crippen molar-refractivity contribution in [3.8, 4) is 0 Å². The van der Waals surface area contributed by atoms with Gasteiger partial charge >= 0.3 is 0 Å². The molecule has 0 amide bonds. The summed E-state index contributed by atoms with van der Waals surface area (Å²) in [5.41, 5.74) is 6.63. The quantitative estimate of drug-likeness (QED) is 0.425. The molecule has 144 valence electrons. The zero-order valence-electron chi connectivity index (χ0n) is 17.3. The van der Waals surface area contributed by atoms with E-state index in [9.17, 15) is 10.1 Å². The van der Waals surface area contributed by atoms with Crippen LogP contribution in [0.2, 0.25) is 0 Å². The number of nitro benzene ring substituents is 1. The molecule has 0 atom stereocenters. The molecule has 0 spiro atoms. The van der Waals surface area contributed by atoms with E-state index in [1.807, 2.05) is 13.1 Å². The maximum atomic E-state index is 11.3. The van der Waals surface area contributed by atoms with Crippen molar-refractivity contribution in [2.75, 3.05) is 19.0 Å². The largest absolute Gasteiger partial charge is 0.347 e. The van der Waals surface area contributed by atoms with Crippen molar-refractivity contribution < 1.29 is 9.50 Å². The first-order valence-corrected chi connectivity index (χ1v) is 9.52. The van der Waals surface area contributed by atoms with E-state index in [4.69, 9.17) is 0 Å². The zero-order chi connectivity index (χ0) is 20.4. The van der Waals surface area contributed by atoms with Gasteiger partial charge in [-0.25, -0.2) is 0 Å². The average molecular weight is 376 g/mol. The Morgan fingerprint density at radius 2 is 1.71 bits per heavy atom. The van der Waals surface area contributed by atoms with Crippen LogP contribution < -0.4 is 4.90 Å². The fraction of sp³-hybridized carbons (Fsp3) is 0.348. The summed E-state index contributed by atoms with van der Waals surface area (Å²) in [7, 11) is 4.15. The predicted octanol–water partition coefficient (Wildman–Crippen LogP) is 4.91. The number of nitrogens with zero attached hydrogens (tertiary/aromatic N) is 3. The molecule has 0 unspecified atom stereocenters. The average Bonchev–Trinajstić information content (AvgIpc) is 2.96. The van der Waals surface area contributed by atoms with Crippen LogP contribution in [0.15, 0.2) is 54.2 Å². The first-order valence-electron chi connectivity index (χ1n) is 9.52. The Balaban J connectivity index is 1.88. The van der Waals surface area contributed by atoms with E-state index in [0.717, 1.165) is 16.9 Å². The van der Waals surface area contributed by atoms with Crippen molar-refractivity contribution in [3.63, 3.8) is 0 Å². The molecule has 0 saturated carbocycles. The minimum Gasteiger partial charge on any atom is -0.347 e. The number of para-hydroxylation sites is 1. The van der Waals surface area contributed by atoms with Gasteiger partial charge < -0.3 is 4.90 Å². The van der Waals surface area contributed by atoms with E-state index in [0.29, 0.717) is 0 Å². The first-order chi connectivity index (χ1) is 13.1. The summed E-state index contributed by atoms with van der Waals surface area (Å²) >= 11 is 0. The van der Waals surface area contributed by atoms with E-state index in [1.54, 1.807) is 12.1 Å². The van der Waals surface area contributed by atoms with Gasteiger partial charge in [0, 0.05) is 53.7 Å². The van der Waals surface area contributed by atoms with Gasteiger partial charge in [-0.1, -0.05) is 32.0 Å². The third-order valence-electron chi connectivity index (χ3n) is 6.44. The van der Waals surface area contributed by atoms with E-state index in [-0.39, 0.29) is 21.4 Å². The number of nitro groups is 1. The van der Waals surface area contributed by atoms with Gasteiger partial charge in [0.25, 0.3) is 5.69 Å². The highest BCUT2D eigenvalue weighted by atomic mass is 16.6. The van der Waals surface area contributed by atoms with Gasteiger partial charge in [0.15, 0.2) is 5.71 Å². The Morgan fingerprint density at radius 3 is 2.36 bits per heavy atom. The van der Waals surface area contributed by atoms with Gasteiger partial charge in [-0.3, -0.25) is 10.1 Å². The number of non-ortho nitro benzene ring substituents is 1. The van der Waals surface area contributed by atoms with Crippen molar-refractivity contribution in [1.82, 2.24) is 0 Å². The molecule has 2 aromatic carbocycles. The molecule has 0 saturated heterocycles. The van der Waals surface area contributed by atoms with Gasteiger partial charge in [0.1, 0.15) is 7.05 Å². The van der Waals surface area contributed by atoms with Crippen molar-refractivity contribution in [2.24, 2.45) is 0 Å². The maximum Gasteiger partial charge on any atom is 0.269 e. The second-order valence-corrected chi connectivity index (χ2v) is 8.76. The molecular formula is C23H26N3O2+. The first kappa shape index (κ1) is 18.4. The third-order valence-corrected chi connectivity index (χ3v) is 6.44. The highest BCUT2D eigenvalue weighted by molar-refractivity contribution is 6.04. The molecule has 2 aliphatic rings. The van der Waals surface area contributed by atoms with Crippen LogP contribution in [-0.4, -0.2) is 29.3 Å². The summed E-state index contributed by atoms with van der Waals surface area (Å²) in [6.07, 6.45) is 2.27. The smallest absolute Gasteiger partial charge is 0.269 e. The monoisotopic (exact) mass is 376 g/mol. The molecule has 0 N–H and O–H groups in total. The lowest BCUT2D eigenvalue weighted by molar-refractivity contribution is -0.401. The number of hydrogen-bond donors (Lipinski definition) is 0. The fourth-order valence-electron chi connectivity index (χ4n) is 4.78. The lowest BCUT2D eigenvalue weighted by Crippen LogP contribution is -2.31. The number of hydrogen-bond acceptors (Lipinski definition) is 3. The van der Waals surface area contributed by atoms with Crippen LogP contribution in [0, 0.1) is 10.1 Å². The summed E-state index contributed by atoms with van der Waals surface area (Å²) in [5.74, 6) is 0. The molecule has 2 aliphatic heterocycles. The molecule has 5 nitrogen and oxygen atoms in total. The molecule has 5 heteroatoms. The van der Waals surface area contributed by atoms with Gasteiger partial charge in [-0.15, -0.1) is 0 Å². The number of benzene rings is 2. The minimum atomic E-state index is -0.325. The third kappa shape index (κ3) is 2.35. The van der Waals surface area contributed by atoms with Gasteiger partial charge in [0.2, 0.25) is 5.69 Å². The summed E-state index contributed by atoms with van der Waals surface area (Å²) in [5, 5.41) is 11.3. The fourth-order valence-corrected chi connectivity index (χ4v) is 4.78. The Bertz CT molecular complexity index is 1080. The lowest BCUT2D eigenvalue weighted by Gasteiger charge is -2.25. The molecule has 0 aliphatic carbocycles. The van der Waals surface area contributed by atoms with Crippen LogP contribution in [0.3, 0.4) is 0 Å². The van der Waals surface area contributed by atoms with Gasteiger partial charge in [-0.05, 0) is 25.5 Å². The molecule has 0 fully saturated rings. The van der Waals surface area contributed by atoms with Crippen molar-refractivity contribution in [3.05, 3.63) is 75.5 Å². The highest BCUT2D eigenvalue weighted by Crippen LogP contribution is 2.49. The lowest BCUT2D eigenvalue weighted by atomic mass is 9.78. The van der Waals surface area contributed by atoms with Crippen LogP contribution in [-0.2, 0) is 10.8 Å². The van der Waals surface area contributed by atoms with E-state index in [2.05, 4.69) is 74.6 Å². The van der Waals surface area contributed by atoms with Crippen LogP contribution in [0.5, 0.6) is 0 Å². The number of likely N-dealkylation sites (N-methyl/N-ethyl adjacent to an activating group) is 1. The summed E-state index contributed by atoms with van der Waals surface area (Å²) in [4.78, 5) is 13.1. The normalized spacial score (nSPS) is 20.5.